The van der Waals surface area contributed by atoms with Crippen LogP contribution in [0.3, 0.4) is 0 Å². The molecule has 2 unspecified atom stereocenters. The topological polar surface area (TPSA) is 79.6 Å². The molecule has 1 aromatic heterocycles. The molecule has 104 valence electrons. The van der Waals surface area contributed by atoms with Crippen molar-refractivity contribution in [3.63, 3.8) is 0 Å². The fourth-order valence-electron chi connectivity index (χ4n) is 2.54. The molecular formula is C16H17NO3. The van der Waals surface area contributed by atoms with Crippen LogP contribution < -0.4 is 5.73 Å². The molecular weight excluding hydrogens is 254 g/mol. The molecule has 1 heterocycles. The molecule has 4 heteroatoms. The van der Waals surface area contributed by atoms with Crippen LogP contribution >= 0.6 is 0 Å². The average Bonchev–Trinajstić information content (AvgIpc) is 2.85. The van der Waals surface area contributed by atoms with Crippen molar-refractivity contribution in [1.29, 1.82) is 0 Å². The Morgan fingerprint density at radius 2 is 1.75 bits per heavy atom. The molecule has 0 saturated heterocycles. The van der Waals surface area contributed by atoms with Crippen LogP contribution in [0, 0.1) is 0 Å². The van der Waals surface area contributed by atoms with Crippen molar-refractivity contribution in [2.75, 3.05) is 6.54 Å². The number of nitrogens with two attached hydrogens (primary N) is 1. The highest BCUT2D eigenvalue weighted by molar-refractivity contribution is 6.05. The van der Waals surface area contributed by atoms with Crippen LogP contribution in [0.2, 0.25) is 0 Å². The van der Waals surface area contributed by atoms with E-state index in [2.05, 4.69) is 0 Å². The van der Waals surface area contributed by atoms with Gasteiger partial charge in [0.2, 0.25) is 0 Å². The van der Waals surface area contributed by atoms with Gasteiger partial charge in [-0.15, -0.1) is 0 Å². The highest BCUT2D eigenvalue weighted by atomic mass is 16.3. The van der Waals surface area contributed by atoms with Crippen molar-refractivity contribution in [3.05, 3.63) is 48.0 Å². The van der Waals surface area contributed by atoms with Crippen molar-refractivity contribution in [1.82, 2.24) is 0 Å². The highest BCUT2D eigenvalue weighted by Gasteiger charge is 2.22. The molecule has 0 spiro atoms. The second-order valence-electron chi connectivity index (χ2n) is 4.91. The second kappa shape index (κ2) is 5.25. The summed E-state index contributed by atoms with van der Waals surface area (Å²) in [7, 11) is 0. The number of para-hydroxylation sites is 2. The van der Waals surface area contributed by atoms with Crippen molar-refractivity contribution < 1.29 is 14.6 Å². The highest BCUT2D eigenvalue weighted by Crippen LogP contribution is 2.34. The maximum absolute atomic E-state index is 10.3. The van der Waals surface area contributed by atoms with E-state index in [9.17, 15) is 10.2 Å². The van der Waals surface area contributed by atoms with Crippen LogP contribution in [0.25, 0.3) is 21.9 Å². The smallest absolute Gasteiger partial charge is 0.141 e. The molecule has 0 bridgehead atoms. The molecule has 4 N–H and O–H groups in total. The predicted molar refractivity (Wildman–Crippen MR) is 78.4 cm³/mol. The van der Waals surface area contributed by atoms with Crippen LogP contribution in [0.5, 0.6) is 0 Å². The number of furan rings is 1. The van der Waals surface area contributed by atoms with Gasteiger partial charge in [0, 0.05) is 16.3 Å². The summed E-state index contributed by atoms with van der Waals surface area (Å²) in [6, 6.07) is 13.3. The van der Waals surface area contributed by atoms with E-state index in [0.717, 1.165) is 16.4 Å². The zero-order valence-corrected chi connectivity index (χ0v) is 11.0. The van der Waals surface area contributed by atoms with Gasteiger partial charge in [-0.1, -0.05) is 36.4 Å². The predicted octanol–water partition coefficient (Wildman–Crippen LogP) is 2.33. The lowest BCUT2D eigenvalue weighted by Crippen LogP contribution is -2.21. The summed E-state index contributed by atoms with van der Waals surface area (Å²) in [6.07, 6.45) is -1.54. The molecule has 2 atom stereocenters. The minimum Gasteiger partial charge on any atom is -0.456 e. The third kappa shape index (κ3) is 2.08. The quantitative estimate of drug-likeness (QED) is 0.680. The number of aliphatic hydroxyl groups excluding tert-OH is 2. The lowest BCUT2D eigenvalue weighted by atomic mass is 9.99. The van der Waals surface area contributed by atoms with Gasteiger partial charge in [0.15, 0.2) is 0 Å². The third-order valence-corrected chi connectivity index (χ3v) is 3.58. The summed E-state index contributed by atoms with van der Waals surface area (Å²) in [6.45, 7) is 0.328. The Labute approximate surface area is 116 Å². The fourth-order valence-corrected chi connectivity index (χ4v) is 2.54. The molecule has 0 aliphatic heterocycles. The van der Waals surface area contributed by atoms with Gasteiger partial charge in [-0.05, 0) is 19.0 Å². The second-order valence-corrected chi connectivity index (χ2v) is 4.91. The molecule has 3 rings (SSSR count). The Balaban J connectivity index is 2.16. The van der Waals surface area contributed by atoms with Gasteiger partial charge in [-0.2, -0.15) is 0 Å². The molecule has 20 heavy (non-hydrogen) atoms. The summed E-state index contributed by atoms with van der Waals surface area (Å²) in [5.41, 5.74) is 7.42. The van der Waals surface area contributed by atoms with E-state index >= 15 is 0 Å². The summed E-state index contributed by atoms with van der Waals surface area (Å²) in [5, 5.41) is 22.2. The molecule has 0 aliphatic carbocycles. The monoisotopic (exact) mass is 271 g/mol. The number of hydrogen-bond donors (Lipinski definition) is 3. The van der Waals surface area contributed by atoms with Crippen molar-refractivity contribution >= 4 is 21.9 Å². The molecule has 0 aliphatic rings. The standard InChI is InChI=1S/C16H17NO3/c17-9-8-13(18)15(19)12-6-3-5-11-10-4-1-2-7-14(10)20-16(11)12/h1-7,13,15,18-19H,8-9,17H2. The Kier molecular flexibility index (Phi) is 3.44. The Morgan fingerprint density at radius 3 is 2.55 bits per heavy atom. The van der Waals surface area contributed by atoms with E-state index in [0.29, 0.717) is 24.1 Å². The van der Waals surface area contributed by atoms with E-state index in [-0.39, 0.29) is 0 Å². The molecule has 0 amide bonds. The zero-order valence-electron chi connectivity index (χ0n) is 11.0. The minimum atomic E-state index is -0.997. The lowest BCUT2D eigenvalue weighted by Gasteiger charge is -2.17. The summed E-state index contributed by atoms with van der Waals surface area (Å²) in [5.74, 6) is 0. The van der Waals surface area contributed by atoms with E-state index in [1.807, 2.05) is 36.4 Å². The average molecular weight is 271 g/mol. The Hall–Kier alpha value is -1.88. The first-order valence-electron chi connectivity index (χ1n) is 6.68. The van der Waals surface area contributed by atoms with Crippen LogP contribution in [0.15, 0.2) is 46.9 Å². The van der Waals surface area contributed by atoms with Gasteiger partial charge in [-0.25, -0.2) is 0 Å². The normalized spacial score (nSPS) is 14.8. The zero-order chi connectivity index (χ0) is 14.1. The lowest BCUT2D eigenvalue weighted by molar-refractivity contribution is 0.0154. The maximum atomic E-state index is 10.3. The number of rotatable bonds is 4. The summed E-state index contributed by atoms with van der Waals surface area (Å²) in [4.78, 5) is 0. The number of hydrogen-bond acceptors (Lipinski definition) is 4. The van der Waals surface area contributed by atoms with Crippen LogP contribution in [-0.2, 0) is 0 Å². The Bertz CT molecular complexity index is 735. The van der Waals surface area contributed by atoms with Gasteiger partial charge in [0.05, 0.1) is 6.10 Å². The van der Waals surface area contributed by atoms with Crippen molar-refractivity contribution in [2.45, 2.75) is 18.6 Å². The van der Waals surface area contributed by atoms with Crippen molar-refractivity contribution in [3.8, 4) is 0 Å². The summed E-state index contributed by atoms with van der Waals surface area (Å²) < 4.78 is 5.83. The van der Waals surface area contributed by atoms with Gasteiger partial charge in [0.25, 0.3) is 0 Å². The number of fused-ring (bicyclic) bond motifs is 3. The number of aliphatic hydroxyl groups is 2. The van der Waals surface area contributed by atoms with Gasteiger partial charge < -0.3 is 20.4 Å². The fraction of sp³-hybridized carbons (Fsp3) is 0.250. The third-order valence-electron chi connectivity index (χ3n) is 3.58. The van der Waals surface area contributed by atoms with Crippen LogP contribution in [-0.4, -0.2) is 22.9 Å². The van der Waals surface area contributed by atoms with E-state index in [1.165, 1.54) is 0 Å². The van der Waals surface area contributed by atoms with E-state index < -0.39 is 12.2 Å². The van der Waals surface area contributed by atoms with Crippen molar-refractivity contribution in [2.24, 2.45) is 5.73 Å². The number of benzene rings is 2. The molecule has 2 aromatic carbocycles. The van der Waals surface area contributed by atoms with E-state index in [4.69, 9.17) is 10.2 Å². The maximum Gasteiger partial charge on any atom is 0.141 e. The molecule has 0 saturated carbocycles. The summed E-state index contributed by atoms with van der Waals surface area (Å²) >= 11 is 0. The molecule has 0 radical (unpaired) electrons. The van der Waals surface area contributed by atoms with Gasteiger partial charge in [-0.3, -0.25) is 0 Å². The molecule has 4 nitrogen and oxygen atoms in total. The van der Waals surface area contributed by atoms with Crippen LogP contribution in [0.1, 0.15) is 18.1 Å². The van der Waals surface area contributed by atoms with E-state index in [1.54, 1.807) is 6.07 Å². The first-order valence-corrected chi connectivity index (χ1v) is 6.68. The SMILES string of the molecule is NCCC(O)C(O)c1cccc2c1oc1ccccc12. The van der Waals surface area contributed by atoms with Crippen LogP contribution in [0.4, 0.5) is 0 Å². The molecule has 3 aromatic rings. The first-order chi connectivity index (χ1) is 9.72. The minimum absolute atomic E-state index is 0.328. The largest absolute Gasteiger partial charge is 0.456 e. The first kappa shape index (κ1) is 13.1. The Morgan fingerprint density at radius 1 is 1.00 bits per heavy atom. The van der Waals surface area contributed by atoms with Gasteiger partial charge >= 0.3 is 0 Å². The van der Waals surface area contributed by atoms with Gasteiger partial charge in [0.1, 0.15) is 17.3 Å². The molecule has 0 fully saturated rings.